The molecule has 23 heavy (non-hydrogen) atoms. The number of carbonyl (C=O) groups excluding carboxylic acids is 1. The van der Waals surface area contributed by atoms with E-state index in [2.05, 4.69) is 15.4 Å². The first kappa shape index (κ1) is 14.8. The number of para-hydroxylation sites is 1. The van der Waals surface area contributed by atoms with Crippen LogP contribution in [0.25, 0.3) is 5.69 Å². The monoisotopic (exact) mass is 314 g/mol. The second-order valence-electron chi connectivity index (χ2n) is 4.70. The first-order valence-electron chi connectivity index (χ1n) is 6.79. The van der Waals surface area contributed by atoms with Gasteiger partial charge in [-0.1, -0.05) is 18.2 Å². The van der Waals surface area contributed by atoms with Gasteiger partial charge in [0.2, 0.25) is 0 Å². The van der Waals surface area contributed by atoms with Crippen molar-refractivity contribution in [1.29, 1.82) is 0 Å². The summed E-state index contributed by atoms with van der Waals surface area (Å²) in [7, 11) is 0. The minimum atomic E-state index is -2.82. The Morgan fingerprint density at radius 2 is 1.91 bits per heavy atom. The summed E-state index contributed by atoms with van der Waals surface area (Å²) < 4.78 is 27.4. The molecule has 1 N–H and O–H groups in total. The number of aromatic nitrogens is 3. The average molecular weight is 314 g/mol. The summed E-state index contributed by atoms with van der Waals surface area (Å²) in [5.74, 6) is -0.652. The lowest BCUT2D eigenvalue weighted by atomic mass is 10.2. The van der Waals surface area contributed by atoms with Crippen LogP contribution in [0, 0.1) is 0 Å². The molecule has 7 heteroatoms. The van der Waals surface area contributed by atoms with Crippen LogP contribution in [-0.4, -0.2) is 20.7 Å². The predicted molar refractivity (Wildman–Crippen MR) is 80.7 cm³/mol. The molecule has 2 aromatic heterocycles. The highest BCUT2D eigenvalue weighted by molar-refractivity contribution is 6.04. The first-order chi connectivity index (χ1) is 11.1. The SMILES string of the molecule is O=C(Nc1cnn(-c2ccccc2)c1)c1cccnc1C(F)F. The number of carbonyl (C=O) groups is 1. The van der Waals surface area contributed by atoms with Gasteiger partial charge in [0.15, 0.2) is 0 Å². The van der Waals surface area contributed by atoms with Gasteiger partial charge >= 0.3 is 0 Å². The van der Waals surface area contributed by atoms with Crippen molar-refractivity contribution in [3.05, 3.63) is 72.3 Å². The number of pyridine rings is 1. The Bertz CT molecular complexity index is 818. The largest absolute Gasteiger partial charge is 0.319 e. The van der Waals surface area contributed by atoms with Crippen molar-refractivity contribution in [2.45, 2.75) is 6.43 Å². The number of anilines is 1. The topological polar surface area (TPSA) is 59.8 Å². The fourth-order valence-corrected chi connectivity index (χ4v) is 2.09. The van der Waals surface area contributed by atoms with E-state index in [0.29, 0.717) is 5.69 Å². The van der Waals surface area contributed by atoms with Gasteiger partial charge in [0.25, 0.3) is 12.3 Å². The second-order valence-corrected chi connectivity index (χ2v) is 4.70. The van der Waals surface area contributed by atoms with Crippen LogP contribution < -0.4 is 5.32 Å². The summed E-state index contributed by atoms with van der Waals surface area (Å²) >= 11 is 0. The molecule has 3 rings (SSSR count). The highest BCUT2D eigenvalue weighted by Gasteiger charge is 2.19. The highest BCUT2D eigenvalue weighted by atomic mass is 19.3. The van der Waals surface area contributed by atoms with Crippen LogP contribution in [0.1, 0.15) is 22.5 Å². The minimum absolute atomic E-state index is 0.157. The molecule has 0 spiro atoms. The maximum Gasteiger partial charge on any atom is 0.281 e. The number of nitrogens with one attached hydrogen (secondary N) is 1. The summed E-state index contributed by atoms with van der Waals surface area (Å²) in [4.78, 5) is 15.7. The van der Waals surface area contributed by atoms with Crippen molar-refractivity contribution in [2.24, 2.45) is 0 Å². The molecule has 5 nitrogen and oxygen atoms in total. The quantitative estimate of drug-likeness (QED) is 0.802. The molecule has 1 amide bonds. The summed E-state index contributed by atoms with van der Waals surface area (Å²) in [6.07, 6.45) is 1.46. The van der Waals surface area contributed by atoms with Gasteiger partial charge in [-0.15, -0.1) is 0 Å². The van der Waals surface area contributed by atoms with E-state index < -0.39 is 18.0 Å². The molecule has 0 saturated carbocycles. The van der Waals surface area contributed by atoms with Gasteiger partial charge in [0, 0.05) is 6.20 Å². The number of nitrogens with zero attached hydrogens (tertiary/aromatic N) is 3. The number of rotatable bonds is 4. The number of amides is 1. The van der Waals surface area contributed by atoms with Gasteiger partial charge in [-0.2, -0.15) is 5.10 Å². The molecule has 0 fully saturated rings. The lowest BCUT2D eigenvalue weighted by molar-refractivity contribution is 0.100. The number of alkyl halides is 2. The zero-order chi connectivity index (χ0) is 16.2. The smallest absolute Gasteiger partial charge is 0.281 e. The molecule has 116 valence electrons. The van der Waals surface area contributed by atoms with Crippen LogP contribution in [0.5, 0.6) is 0 Å². The van der Waals surface area contributed by atoms with Crippen LogP contribution in [0.2, 0.25) is 0 Å². The average Bonchev–Trinajstić information content (AvgIpc) is 3.04. The Morgan fingerprint density at radius 1 is 1.13 bits per heavy atom. The first-order valence-corrected chi connectivity index (χ1v) is 6.79. The number of hydrogen-bond acceptors (Lipinski definition) is 3. The Kier molecular flexibility index (Phi) is 4.09. The summed E-state index contributed by atoms with van der Waals surface area (Å²) in [6.45, 7) is 0. The van der Waals surface area contributed by atoms with Crippen molar-refractivity contribution in [3.63, 3.8) is 0 Å². The maximum absolute atomic E-state index is 12.9. The third-order valence-corrected chi connectivity index (χ3v) is 3.15. The molecule has 0 aliphatic heterocycles. The highest BCUT2D eigenvalue weighted by Crippen LogP contribution is 2.21. The van der Waals surface area contributed by atoms with E-state index in [1.165, 1.54) is 24.5 Å². The Labute approximate surface area is 130 Å². The maximum atomic E-state index is 12.9. The fourth-order valence-electron chi connectivity index (χ4n) is 2.09. The molecule has 0 radical (unpaired) electrons. The number of benzene rings is 1. The van der Waals surface area contributed by atoms with E-state index in [-0.39, 0.29) is 5.56 Å². The van der Waals surface area contributed by atoms with E-state index in [1.54, 1.807) is 10.9 Å². The normalized spacial score (nSPS) is 10.7. The van der Waals surface area contributed by atoms with Crippen LogP contribution in [0.15, 0.2) is 61.1 Å². The molecule has 1 aromatic carbocycles. The molecular formula is C16H12F2N4O. The van der Waals surface area contributed by atoms with Crippen molar-refractivity contribution in [1.82, 2.24) is 14.8 Å². The molecule has 0 unspecified atom stereocenters. The Morgan fingerprint density at radius 3 is 2.65 bits per heavy atom. The van der Waals surface area contributed by atoms with Gasteiger partial charge in [-0.25, -0.2) is 13.5 Å². The molecule has 0 aliphatic rings. The Hall–Kier alpha value is -3.09. The predicted octanol–water partition coefficient (Wildman–Crippen LogP) is 3.46. The van der Waals surface area contributed by atoms with Gasteiger partial charge < -0.3 is 5.32 Å². The molecular weight excluding hydrogens is 302 g/mol. The van der Waals surface area contributed by atoms with Crippen LogP contribution >= 0.6 is 0 Å². The standard InChI is InChI=1S/C16H12F2N4O/c17-15(18)14-13(7-4-8-19-14)16(23)21-11-9-20-22(10-11)12-5-2-1-3-6-12/h1-10,15H,(H,21,23). The third-order valence-electron chi connectivity index (χ3n) is 3.15. The van der Waals surface area contributed by atoms with Gasteiger partial charge in [-0.3, -0.25) is 9.78 Å². The minimum Gasteiger partial charge on any atom is -0.319 e. The van der Waals surface area contributed by atoms with Crippen LogP contribution in [0.3, 0.4) is 0 Å². The van der Waals surface area contributed by atoms with Gasteiger partial charge in [-0.05, 0) is 24.3 Å². The van der Waals surface area contributed by atoms with E-state index >= 15 is 0 Å². The molecule has 2 heterocycles. The molecule has 0 bridgehead atoms. The lowest BCUT2D eigenvalue weighted by Gasteiger charge is -2.07. The van der Waals surface area contributed by atoms with E-state index in [1.807, 2.05) is 30.3 Å². The summed E-state index contributed by atoms with van der Waals surface area (Å²) in [5, 5.41) is 6.68. The zero-order valence-electron chi connectivity index (χ0n) is 11.9. The summed E-state index contributed by atoms with van der Waals surface area (Å²) in [6, 6.07) is 12.1. The number of hydrogen-bond donors (Lipinski definition) is 1. The van der Waals surface area contributed by atoms with E-state index in [4.69, 9.17) is 0 Å². The van der Waals surface area contributed by atoms with Crippen molar-refractivity contribution in [2.75, 3.05) is 5.32 Å². The third kappa shape index (κ3) is 3.23. The van der Waals surface area contributed by atoms with Crippen molar-refractivity contribution < 1.29 is 13.6 Å². The second kappa shape index (κ2) is 6.35. The molecule has 0 aliphatic carbocycles. The van der Waals surface area contributed by atoms with Gasteiger partial charge in [0.1, 0.15) is 5.69 Å². The Balaban J connectivity index is 1.81. The fraction of sp³-hybridized carbons (Fsp3) is 0.0625. The number of halogens is 2. The van der Waals surface area contributed by atoms with Gasteiger partial charge in [0.05, 0.1) is 29.3 Å². The zero-order valence-corrected chi connectivity index (χ0v) is 11.9. The van der Waals surface area contributed by atoms with E-state index in [9.17, 15) is 13.6 Å². The molecule has 3 aromatic rings. The van der Waals surface area contributed by atoms with Crippen LogP contribution in [0.4, 0.5) is 14.5 Å². The van der Waals surface area contributed by atoms with E-state index in [0.717, 1.165) is 5.69 Å². The van der Waals surface area contributed by atoms with Crippen molar-refractivity contribution >= 4 is 11.6 Å². The summed E-state index contributed by atoms with van der Waals surface area (Å²) in [5.41, 5.74) is 0.529. The molecule has 0 atom stereocenters. The van der Waals surface area contributed by atoms with Crippen LogP contribution in [-0.2, 0) is 0 Å². The molecule has 0 saturated heterocycles. The van der Waals surface area contributed by atoms with Crippen molar-refractivity contribution in [3.8, 4) is 5.69 Å². The lowest BCUT2D eigenvalue weighted by Crippen LogP contribution is -2.15.